The van der Waals surface area contributed by atoms with E-state index in [9.17, 15) is 9.59 Å². The predicted molar refractivity (Wildman–Crippen MR) is 94.4 cm³/mol. The lowest BCUT2D eigenvalue weighted by Crippen LogP contribution is -2.51. The Hall–Kier alpha value is -0.700. The second kappa shape index (κ2) is 5.15. The molecule has 0 aromatic heterocycles. The van der Waals surface area contributed by atoms with Crippen LogP contribution in [-0.4, -0.2) is 16.9 Å². The standard InChI is InChI=1S/C20H25BrO2/c1-19-8-7-17-15(16(19)5-6-18(19)23)4-3-12-9-14(22)10-13(11-21)20(12,17)2/h9-10,15-17H,3-8,11H2,1-2H3/t15-,16-,17-,19-,20+/m0/s1. The molecule has 5 atom stereocenters. The number of Topliss-reactive ketones (excluding diaryl/α,β-unsaturated/α-hetero) is 1. The third-order valence-electron chi connectivity index (χ3n) is 7.75. The number of ketones is 2. The number of carbonyl (C=O) groups is 2. The number of alkyl halides is 1. The summed E-state index contributed by atoms with van der Waals surface area (Å²) in [7, 11) is 0. The van der Waals surface area contributed by atoms with E-state index in [2.05, 4.69) is 29.8 Å². The van der Waals surface area contributed by atoms with E-state index in [4.69, 9.17) is 0 Å². The summed E-state index contributed by atoms with van der Waals surface area (Å²) < 4.78 is 0. The highest BCUT2D eigenvalue weighted by molar-refractivity contribution is 9.09. The fourth-order valence-corrected chi connectivity index (χ4v) is 7.12. The van der Waals surface area contributed by atoms with Gasteiger partial charge >= 0.3 is 0 Å². The molecule has 4 aliphatic carbocycles. The predicted octanol–water partition coefficient (Wildman–Crippen LogP) is 4.63. The molecule has 0 saturated heterocycles. The van der Waals surface area contributed by atoms with Crippen LogP contribution < -0.4 is 0 Å². The van der Waals surface area contributed by atoms with Crippen molar-refractivity contribution in [3.63, 3.8) is 0 Å². The molecular weight excluding hydrogens is 352 g/mol. The monoisotopic (exact) mass is 376 g/mol. The highest BCUT2D eigenvalue weighted by atomic mass is 79.9. The van der Waals surface area contributed by atoms with Crippen molar-refractivity contribution in [2.24, 2.45) is 28.6 Å². The number of halogens is 1. The first-order chi connectivity index (χ1) is 10.9. The first-order valence-corrected chi connectivity index (χ1v) is 10.1. The normalized spacial score (nSPS) is 45.8. The molecule has 124 valence electrons. The molecule has 3 saturated carbocycles. The van der Waals surface area contributed by atoms with Crippen LogP contribution >= 0.6 is 15.9 Å². The van der Waals surface area contributed by atoms with Crippen molar-refractivity contribution in [2.45, 2.75) is 52.4 Å². The van der Waals surface area contributed by atoms with E-state index in [1.807, 2.05) is 12.2 Å². The molecule has 0 amide bonds. The molecule has 0 unspecified atom stereocenters. The number of fused-ring (bicyclic) bond motifs is 5. The Labute approximate surface area is 146 Å². The molecule has 0 bridgehead atoms. The molecule has 0 aromatic carbocycles. The van der Waals surface area contributed by atoms with Gasteiger partial charge in [0, 0.05) is 22.6 Å². The lowest BCUT2D eigenvalue weighted by atomic mass is 9.47. The number of carbonyl (C=O) groups excluding carboxylic acids is 2. The lowest BCUT2D eigenvalue weighted by Gasteiger charge is -2.57. The molecule has 23 heavy (non-hydrogen) atoms. The Balaban J connectivity index is 1.76. The van der Waals surface area contributed by atoms with Gasteiger partial charge in [0.25, 0.3) is 0 Å². The molecule has 3 fully saturated rings. The Bertz CT molecular complexity index is 628. The summed E-state index contributed by atoms with van der Waals surface area (Å²) in [5, 5.41) is 0.774. The van der Waals surface area contributed by atoms with E-state index in [0.717, 1.165) is 43.9 Å². The van der Waals surface area contributed by atoms with Crippen LogP contribution in [0.1, 0.15) is 52.4 Å². The maximum atomic E-state index is 12.5. The van der Waals surface area contributed by atoms with Crippen molar-refractivity contribution in [3.05, 3.63) is 23.3 Å². The van der Waals surface area contributed by atoms with Crippen LogP contribution in [0.2, 0.25) is 0 Å². The number of rotatable bonds is 1. The fraction of sp³-hybridized carbons (Fsp3) is 0.700. The lowest BCUT2D eigenvalue weighted by molar-refractivity contribution is -0.131. The first-order valence-electron chi connectivity index (χ1n) is 8.96. The highest BCUT2D eigenvalue weighted by Gasteiger charge is 2.59. The average Bonchev–Trinajstić information content (AvgIpc) is 2.83. The van der Waals surface area contributed by atoms with Crippen molar-refractivity contribution in [1.82, 2.24) is 0 Å². The smallest absolute Gasteiger partial charge is 0.178 e. The fourth-order valence-electron chi connectivity index (χ4n) is 6.38. The molecular formula is C20H25BrO2. The maximum Gasteiger partial charge on any atom is 0.178 e. The van der Waals surface area contributed by atoms with Gasteiger partial charge in [-0.25, -0.2) is 0 Å². The summed E-state index contributed by atoms with van der Waals surface area (Å²) in [6, 6.07) is 0. The van der Waals surface area contributed by atoms with E-state index in [0.29, 0.717) is 23.5 Å². The number of hydrogen-bond acceptors (Lipinski definition) is 2. The Morgan fingerprint density at radius 2 is 1.87 bits per heavy atom. The van der Waals surface area contributed by atoms with E-state index in [1.165, 1.54) is 11.1 Å². The zero-order chi connectivity index (χ0) is 16.4. The zero-order valence-electron chi connectivity index (χ0n) is 14.0. The summed E-state index contributed by atoms with van der Waals surface area (Å²) in [6.45, 7) is 4.58. The van der Waals surface area contributed by atoms with E-state index < -0.39 is 0 Å². The molecule has 0 aromatic rings. The van der Waals surface area contributed by atoms with Gasteiger partial charge in [0.05, 0.1) is 0 Å². The molecule has 0 aliphatic heterocycles. The van der Waals surface area contributed by atoms with Gasteiger partial charge in [-0.15, -0.1) is 0 Å². The average molecular weight is 377 g/mol. The van der Waals surface area contributed by atoms with Gasteiger partial charge in [-0.05, 0) is 67.6 Å². The second-order valence-electron chi connectivity index (χ2n) is 8.41. The quantitative estimate of drug-likeness (QED) is 0.625. The van der Waals surface area contributed by atoms with Gasteiger partial charge in [0.15, 0.2) is 5.78 Å². The van der Waals surface area contributed by atoms with Crippen molar-refractivity contribution >= 4 is 27.5 Å². The summed E-state index contributed by atoms with van der Waals surface area (Å²) in [4.78, 5) is 24.5. The third kappa shape index (κ3) is 1.98. The van der Waals surface area contributed by atoms with Crippen LogP contribution in [0.15, 0.2) is 23.3 Å². The number of allylic oxidation sites excluding steroid dienone is 4. The largest absolute Gasteiger partial charge is 0.299 e. The zero-order valence-corrected chi connectivity index (χ0v) is 15.6. The molecule has 4 aliphatic rings. The van der Waals surface area contributed by atoms with E-state index in [1.54, 1.807) is 0 Å². The Morgan fingerprint density at radius 1 is 1.09 bits per heavy atom. The minimum absolute atomic E-state index is 0.0211. The van der Waals surface area contributed by atoms with Crippen LogP contribution in [0, 0.1) is 28.6 Å². The van der Waals surface area contributed by atoms with Crippen LogP contribution in [0.4, 0.5) is 0 Å². The van der Waals surface area contributed by atoms with Crippen molar-refractivity contribution in [2.75, 3.05) is 5.33 Å². The van der Waals surface area contributed by atoms with Crippen LogP contribution in [-0.2, 0) is 9.59 Å². The highest BCUT2D eigenvalue weighted by Crippen LogP contribution is 2.64. The third-order valence-corrected chi connectivity index (χ3v) is 8.35. The molecule has 3 heteroatoms. The van der Waals surface area contributed by atoms with Gasteiger partial charge in [-0.3, -0.25) is 9.59 Å². The maximum absolute atomic E-state index is 12.5. The van der Waals surface area contributed by atoms with Crippen molar-refractivity contribution < 1.29 is 9.59 Å². The summed E-state index contributed by atoms with van der Waals surface area (Å²) in [6.07, 6.45) is 9.95. The Morgan fingerprint density at radius 3 is 2.61 bits per heavy atom. The summed E-state index contributed by atoms with van der Waals surface area (Å²) in [5.41, 5.74) is 2.55. The minimum Gasteiger partial charge on any atom is -0.299 e. The molecule has 0 spiro atoms. The molecule has 0 heterocycles. The van der Waals surface area contributed by atoms with E-state index >= 15 is 0 Å². The van der Waals surface area contributed by atoms with Gasteiger partial charge in [0.1, 0.15) is 5.78 Å². The summed E-state index contributed by atoms with van der Waals surface area (Å²) in [5.74, 6) is 2.44. The molecule has 2 nitrogen and oxygen atoms in total. The summed E-state index contributed by atoms with van der Waals surface area (Å²) >= 11 is 3.63. The minimum atomic E-state index is -0.0679. The van der Waals surface area contributed by atoms with Gasteiger partial charge in [0.2, 0.25) is 0 Å². The van der Waals surface area contributed by atoms with Crippen LogP contribution in [0.25, 0.3) is 0 Å². The SMILES string of the molecule is C[C@]12C(CBr)=CC(=O)C=C1CC[C@@H]1[C@@H]2CC[C@]2(C)C(=O)CC[C@@H]12. The topological polar surface area (TPSA) is 34.1 Å². The van der Waals surface area contributed by atoms with Crippen LogP contribution in [0.3, 0.4) is 0 Å². The van der Waals surface area contributed by atoms with E-state index in [-0.39, 0.29) is 16.6 Å². The van der Waals surface area contributed by atoms with Gasteiger partial charge < -0.3 is 0 Å². The molecule has 0 radical (unpaired) electrons. The van der Waals surface area contributed by atoms with Crippen molar-refractivity contribution in [3.8, 4) is 0 Å². The van der Waals surface area contributed by atoms with Crippen molar-refractivity contribution in [1.29, 1.82) is 0 Å². The Kier molecular flexibility index (Phi) is 3.54. The molecule has 4 rings (SSSR count). The second-order valence-corrected chi connectivity index (χ2v) is 8.97. The first kappa shape index (κ1) is 15.8. The van der Waals surface area contributed by atoms with Crippen LogP contribution in [0.5, 0.6) is 0 Å². The number of hydrogen-bond donors (Lipinski definition) is 0. The van der Waals surface area contributed by atoms with Gasteiger partial charge in [-0.1, -0.05) is 35.4 Å². The molecule has 0 N–H and O–H groups in total. The van der Waals surface area contributed by atoms with Gasteiger partial charge in [-0.2, -0.15) is 0 Å².